The lowest BCUT2D eigenvalue weighted by atomic mass is 9.76. The normalized spacial score (nSPS) is 27.1. The van der Waals surface area contributed by atoms with E-state index in [2.05, 4.69) is 104 Å². The monoisotopic (exact) mass is 817 g/mol. The number of ether oxygens (including phenoxy) is 2. The number of nitrogens with zero attached hydrogens (tertiary/aromatic N) is 2. The second-order valence-electron chi connectivity index (χ2n) is 23.6. The molecule has 0 aromatic rings. The van der Waals surface area contributed by atoms with Crippen LogP contribution in [0.25, 0.3) is 0 Å². The van der Waals surface area contributed by atoms with Crippen molar-refractivity contribution in [1.82, 2.24) is 31.1 Å². The van der Waals surface area contributed by atoms with Gasteiger partial charge in [0.2, 0.25) is 11.8 Å². The van der Waals surface area contributed by atoms with E-state index in [0.717, 1.165) is 44.9 Å². The van der Waals surface area contributed by atoms with Crippen molar-refractivity contribution in [2.24, 2.45) is 11.8 Å². The van der Waals surface area contributed by atoms with Gasteiger partial charge in [0.05, 0.1) is 35.6 Å². The summed E-state index contributed by atoms with van der Waals surface area (Å²) in [6.07, 6.45) is 7.12. The van der Waals surface area contributed by atoms with Gasteiger partial charge in [0.25, 0.3) is 0 Å². The van der Waals surface area contributed by atoms with Crippen molar-refractivity contribution in [3.8, 4) is 0 Å². The summed E-state index contributed by atoms with van der Waals surface area (Å²) in [5.41, 5.74) is -3.15. The molecule has 2 unspecified atom stereocenters. The summed E-state index contributed by atoms with van der Waals surface area (Å²) >= 11 is 0. The lowest BCUT2D eigenvalue weighted by molar-refractivity contribution is -0.169. The predicted octanol–water partition coefficient (Wildman–Crippen LogP) is 6.24. The Morgan fingerprint density at radius 2 is 1.00 bits per heavy atom. The minimum Gasteiger partial charge on any atom is -0.465 e. The van der Waals surface area contributed by atoms with E-state index in [9.17, 15) is 19.2 Å². The molecule has 12 heteroatoms. The molecule has 0 aliphatic carbocycles. The molecular weight excluding hydrogens is 733 g/mol. The van der Waals surface area contributed by atoms with Crippen molar-refractivity contribution < 1.29 is 28.7 Å². The van der Waals surface area contributed by atoms with Gasteiger partial charge in [-0.15, -0.1) is 0 Å². The Morgan fingerprint density at radius 3 is 1.52 bits per heavy atom. The summed E-state index contributed by atoms with van der Waals surface area (Å²) < 4.78 is 12.5. The maximum absolute atomic E-state index is 14.5. The fourth-order valence-corrected chi connectivity index (χ4v) is 11.6. The Morgan fingerprint density at radius 1 is 0.569 bits per heavy atom. The first kappa shape index (κ1) is 48.4. The number of unbranched alkanes of at least 4 members (excludes halogenated alkanes) is 4. The summed E-state index contributed by atoms with van der Waals surface area (Å²) in [5.74, 6) is -0.819. The number of hydrogen-bond donors (Lipinski definition) is 4. The largest absolute Gasteiger partial charge is 0.465 e. The highest BCUT2D eigenvalue weighted by atomic mass is 16.5. The van der Waals surface area contributed by atoms with E-state index in [1.807, 2.05) is 37.5 Å². The Labute approximate surface area is 352 Å². The van der Waals surface area contributed by atoms with Crippen molar-refractivity contribution in [1.29, 1.82) is 0 Å². The lowest BCUT2D eigenvalue weighted by Crippen LogP contribution is -2.75. The molecule has 334 valence electrons. The van der Waals surface area contributed by atoms with E-state index in [1.54, 1.807) is 0 Å². The third-order valence-electron chi connectivity index (χ3n) is 12.5. The number of esters is 2. The molecule has 2 atom stereocenters. The number of nitrogens with one attached hydrogen (secondary N) is 4. The summed E-state index contributed by atoms with van der Waals surface area (Å²) in [6.45, 7) is 34.7. The van der Waals surface area contributed by atoms with Gasteiger partial charge in [-0.05, 0) is 156 Å². The van der Waals surface area contributed by atoms with Gasteiger partial charge in [0, 0.05) is 52.9 Å². The number of amides is 2. The Bertz CT molecular complexity index is 1470. The molecule has 4 rings (SSSR count). The van der Waals surface area contributed by atoms with Crippen LogP contribution in [0.15, 0.2) is 0 Å². The van der Waals surface area contributed by atoms with Gasteiger partial charge in [-0.2, -0.15) is 0 Å². The highest BCUT2D eigenvalue weighted by Gasteiger charge is 2.51. The van der Waals surface area contributed by atoms with E-state index < -0.39 is 28.8 Å². The molecule has 4 saturated heterocycles. The molecule has 4 aliphatic heterocycles. The van der Waals surface area contributed by atoms with Gasteiger partial charge < -0.3 is 29.9 Å². The Kier molecular flexibility index (Phi) is 14.4. The molecule has 0 bridgehead atoms. The fraction of sp³-hybridized carbons (Fsp3) is 0.913. The van der Waals surface area contributed by atoms with Gasteiger partial charge in [0.15, 0.2) is 0 Å². The van der Waals surface area contributed by atoms with Crippen LogP contribution in [0.5, 0.6) is 0 Å². The summed E-state index contributed by atoms with van der Waals surface area (Å²) in [5, 5.41) is 14.4. The maximum Gasteiger partial charge on any atom is 0.309 e. The van der Waals surface area contributed by atoms with Crippen LogP contribution in [0.3, 0.4) is 0 Å². The lowest BCUT2D eigenvalue weighted by Gasteiger charge is -2.53. The quantitative estimate of drug-likeness (QED) is 0.111. The summed E-state index contributed by atoms with van der Waals surface area (Å²) in [6, 6.07) is -0.544. The standard InChI is InChI=1S/C46H84N6O6/c1-39(2)24-31(25-40(3,4)47-39)35(53)57-23-21-19-17-18-20-22-34(58-36(54)32-26-41(5,6)48-42(7,8)27-32)33(52-30-44(11,12)50-46(15,16)38(52)56)28-51-29-43(9,10)49-45(13,14)37(51)55/h31-34,47-50H,17-30H2,1-16H3. The molecular formula is C46H84N6O6. The maximum atomic E-state index is 14.5. The van der Waals surface area contributed by atoms with Crippen LogP contribution in [-0.2, 0) is 28.7 Å². The zero-order valence-electron chi connectivity index (χ0n) is 39.6. The van der Waals surface area contributed by atoms with Crippen LogP contribution in [-0.4, -0.2) is 116 Å². The van der Waals surface area contributed by atoms with Crippen LogP contribution in [0.2, 0.25) is 0 Å². The van der Waals surface area contributed by atoms with E-state index in [-0.39, 0.29) is 69.8 Å². The first-order valence-corrected chi connectivity index (χ1v) is 22.4. The number of carbonyl (C=O) groups is 4. The SMILES string of the molecule is CC1(C)CC(C(=O)OCCCCCCCC(OC(=O)C2CC(C)(C)NC(C)(C)C2)C(CN2CC(C)(C)NC(C)(C)C2=O)N2CC(C)(C)NC(C)(C)C2=O)CC(C)(C)N1. The fourth-order valence-electron chi connectivity index (χ4n) is 11.6. The third-order valence-corrected chi connectivity index (χ3v) is 12.5. The molecule has 4 N–H and O–H groups in total. The molecule has 2 amide bonds. The zero-order valence-corrected chi connectivity index (χ0v) is 39.6. The van der Waals surface area contributed by atoms with E-state index in [4.69, 9.17) is 9.47 Å². The van der Waals surface area contributed by atoms with Gasteiger partial charge in [-0.3, -0.25) is 29.8 Å². The predicted molar refractivity (Wildman–Crippen MR) is 231 cm³/mol. The van der Waals surface area contributed by atoms with Gasteiger partial charge in [0.1, 0.15) is 6.10 Å². The van der Waals surface area contributed by atoms with Gasteiger partial charge >= 0.3 is 11.9 Å². The Balaban J connectivity index is 1.52. The average Bonchev–Trinajstić information content (AvgIpc) is 3.00. The van der Waals surface area contributed by atoms with Crippen molar-refractivity contribution in [3.63, 3.8) is 0 Å². The first-order chi connectivity index (χ1) is 26.2. The second-order valence-corrected chi connectivity index (χ2v) is 23.6. The van der Waals surface area contributed by atoms with Crippen molar-refractivity contribution in [3.05, 3.63) is 0 Å². The van der Waals surface area contributed by atoms with E-state index in [1.165, 1.54) is 0 Å². The molecule has 0 radical (unpaired) electrons. The molecule has 0 saturated carbocycles. The van der Waals surface area contributed by atoms with Gasteiger partial charge in [-0.25, -0.2) is 0 Å². The molecule has 58 heavy (non-hydrogen) atoms. The Hall–Kier alpha value is -2.28. The van der Waals surface area contributed by atoms with E-state index >= 15 is 0 Å². The topological polar surface area (TPSA) is 141 Å². The van der Waals surface area contributed by atoms with E-state index in [0.29, 0.717) is 39.0 Å². The van der Waals surface area contributed by atoms with Crippen LogP contribution >= 0.6 is 0 Å². The number of carbonyl (C=O) groups excluding carboxylic acids is 4. The number of rotatable bonds is 15. The number of piperazine rings is 2. The van der Waals surface area contributed by atoms with Crippen molar-refractivity contribution >= 4 is 23.8 Å². The molecule has 0 aromatic carbocycles. The second kappa shape index (κ2) is 17.2. The number of hydrogen-bond acceptors (Lipinski definition) is 10. The van der Waals surface area contributed by atoms with Gasteiger partial charge in [-0.1, -0.05) is 19.3 Å². The highest BCUT2D eigenvalue weighted by molar-refractivity contribution is 5.88. The van der Waals surface area contributed by atoms with Crippen LogP contribution in [0.1, 0.15) is 175 Å². The zero-order chi connectivity index (χ0) is 43.9. The van der Waals surface area contributed by atoms with Crippen LogP contribution in [0.4, 0.5) is 0 Å². The third kappa shape index (κ3) is 13.1. The molecule has 4 aliphatic rings. The molecule has 0 spiro atoms. The van der Waals surface area contributed by atoms with Crippen molar-refractivity contribution in [2.75, 3.05) is 26.2 Å². The summed E-state index contributed by atoms with van der Waals surface area (Å²) in [7, 11) is 0. The molecule has 0 aromatic heterocycles. The number of piperidine rings is 2. The molecule has 4 heterocycles. The minimum atomic E-state index is -0.854. The van der Waals surface area contributed by atoms with Crippen LogP contribution < -0.4 is 21.3 Å². The minimum absolute atomic E-state index is 0.0295. The highest BCUT2D eigenvalue weighted by Crippen LogP contribution is 2.36. The molecule has 4 fully saturated rings. The first-order valence-electron chi connectivity index (χ1n) is 22.4. The van der Waals surface area contributed by atoms with Crippen molar-refractivity contribution in [2.45, 2.75) is 231 Å². The summed E-state index contributed by atoms with van der Waals surface area (Å²) in [4.78, 5) is 59.8. The molecule has 12 nitrogen and oxygen atoms in total. The average molecular weight is 817 g/mol. The van der Waals surface area contributed by atoms with Crippen LogP contribution in [0, 0.1) is 11.8 Å². The smallest absolute Gasteiger partial charge is 0.309 e.